The second-order valence-corrected chi connectivity index (χ2v) is 13.0. The standard InChI is InChI=1S/C33H43N3O4S/c1-7-31(33(38)34-21-24(2)3)35(22-27-11-9-8-10-12-27)32(37)23-36(29-17-15-28(16-18-29)25(4)5)41(39,40)30-19-13-26(6)14-20-30/h8-20,24-25,31H,7,21-23H2,1-6H3,(H,34,38)/t31-/m1/s1. The van der Waals surface area contributed by atoms with Crippen LogP contribution in [0.5, 0.6) is 0 Å². The van der Waals surface area contributed by atoms with Crippen LogP contribution in [0.2, 0.25) is 0 Å². The van der Waals surface area contributed by atoms with Gasteiger partial charge in [-0.25, -0.2) is 8.42 Å². The van der Waals surface area contributed by atoms with Gasteiger partial charge in [-0.3, -0.25) is 13.9 Å². The van der Waals surface area contributed by atoms with Crippen LogP contribution >= 0.6 is 0 Å². The molecule has 0 aliphatic heterocycles. The maximum Gasteiger partial charge on any atom is 0.264 e. The Bertz CT molecular complexity index is 1390. The van der Waals surface area contributed by atoms with Gasteiger partial charge in [0.25, 0.3) is 10.0 Å². The molecule has 0 bridgehead atoms. The Morgan fingerprint density at radius 3 is 2.00 bits per heavy atom. The summed E-state index contributed by atoms with van der Waals surface area (Å²) in [6, 6.07) is 22.5. The molecule has 8 heteroatoms. The molecule has 0 heterocycles. The molecular formula is C33H43N3O4S. The molecule has 1 N–H and O–H groups in total. The molecule has 0 aliphatic rings. The number of rotatable bonds is 13. The van der Waals surface area contributed by atoms with E-state index in [1.165, 1.54) is 4.90 Å². The third-order valence-electron chi connectivity index (χ3n) is 7.00. The first kappa shape index (κ1) is 31.9. The maximum absolute atomic E-state index is 14.1. The quantitative estimate of drug-likeness (QED) is 0.274. The van der Waals surface area contributed by atoms with Crippen LogP contribution in [-0.2, 0) is 26.2 Å². The molecule has 0 aliphatic carbocycles. The highest BCUT2D eigenvalue weighted by molar-refractivity contribution is 7.92. The summed E-state index contributed by atoms with van der Waals surface area (Å²) in [4.78, 5) is 29.0. The number of hydrogen-bond acceptors (Lipinski definition) is 4. The van der Waals surface area contributed by atoms with Crippen LogP contribution in [0.1, 0.15) is 63.6 Å². The van der Waals surface area contributed by atoms with E-state index in [-0.39, 0.29) is 29.2 Å². The van der Waals surface area contributed by atoms with Gasteiger partial charge in [0.05, 0.1) is 10.6 Å². The van der Waals surface area contributed by atoms with Gasteiger partial charge in [0.1, 0.15) is 12.6 Å². The zero-order chi connectivity index (χ0) is 30.2. The van der Waals surface area contributed by atoms with Gasteiger partial charge in [0.15, 0.2) is 0 Å². The largest absolute Gasteiger partial charge is 0.354 e. The topological polar surface area (TPSA) is 86.8 Å². The lowest BCUT2D eigenvalue weighted by atomic mass is 10.0. The summed E-state index contributed by atoms with van der Waals surface area (Å²) >= 11 is 0. The van der Waals surface area contributed by atoms with Gasteiger partial charge in [0, 0.05) is 13.1 Å². The Kier molecular flexibility index (Phi) is 11.1. The van der Waals surface area contributed by atoms with Crippen LogP contribution < -0.4 is 9.62 Å². The molecule has 0 fully saturated rings. The molecule has 7 nitrogen and oxygen atoms in total. The second kappa shape index (κ2) is 14.3. The lowest BCUT2D eigenvalue weighted by Crippen LogP contribution is -2.52. The summed E-state index contributed by atoms with van der Waals surface area (Å²) in [6.45, 7) is 12.1. The number of carbonyl (C=O) groups is 2. The molecule has 3 aromatic carbocycles. The normalized spacial score (nSPS) is 12.3. The van der Waals surface area contributed by atoms with Crippen LogP contribution in [0.4, 0.5) is 5.69 Å². The number of carbonyl (C=O) groups excluding carboxylic acids is 2. The predicted octanol–water partition coefficient (Wildman–Crippen LogP) is 5.89. The first-order valence-electron chi connectivity index (χ1n) is 14.2. The van der Waals surface area contributed by atoms with E-state index in [2.05, 4.69) is 19.2 Å². The molecule has 2 amide bonds. The molecule has 0 radical (unpaired) electrons. The molecule has 3 aromatic rings. The Morgan fingerprint density at radius 2 is 1.46 bits per heavy atom. The average Bonchev–Trinajstić information content (AvgIpc) is 2.95. The first-order chi connectivity index (χ1) is 19.4. The third-order valence-corrected chi connectivity index (χ3v) is 8.79. The predicted molar refractivity (Wildman–Crippen MR) is 165 cm³/mol. The summed E-state index contributed by atoms with van der Waals surface area (Å²) in [6.07, 6.45) is 0.385. The van der Waals surface area contributed by atoms with Crippen LogP contribution in [0.25, 0.3) is 0 Å². The monoisotopic (exact) mass is 577 g/mol. The van der Waals surface area contributed by atoms with E-state index >= 15 is 0 Å². The Balaban J connectivity index is 2.04. The lowest BCUT2D eigenvalue weighted by molar-refractivity contribution is -0.140. The number of sulfonamides is 1. The van der Waals surface area contributed by atoms with Crippen LogP contribution in [0.15, 0.2) is 83.8 Å². The van der Waals surface area contributed by atoms with E-state index < -0.39 is 28.5 Å². The summed E-state index contributed by atoms with van der Waals surface area (Å²) in [5.41, 5.74) is 3.23. The number of amides is 2. The van der Waals surface area contributed by atoms with E-state index in [0.29, 0.717) is 18.7 Å². The Morgan fingerprint density at radius 1 is 0.854 bits per heavy atom. The van der Waals surface area contributed by atoms with Gasteiger partial charge in [-0.05, 0) is 60.6 Å². The van der Waals surface area contributed by atoms with Gasteiger partial charge in [0.2, 0.25) is 11.8 Å². The van der Waals surface area contributed by atoms with Gasteiger partial charge < -0.3 is 10.2 Å². The number of hydrogen-bond donors (Lipinski definition) is 1. The van der Waals surface area contributed by atoms with Gasteiger partial charge >= 0.3 is 0 Å². The molecule has 0 spiro atoms. The van der Waals surface area contributed by atoms with Crippen molar-refractivity contribution in [3.63, 3.8) is 0 Å². The van der Waals surface area contributed by atoms with E-state index in [0.717, 1.165) is 21.0 Å². The van der Waals surface area contributed by atoms with E-state index in [1.807, 2.05) is 70.2 Å². The van der Waals surface area contributed by atoms with Crippen molar-refractivity contribution in [3.05, 3.63) is 95.6 Å². The van der Waals surface area contributed by atoms with E-state index in [1.54, 1.807) is 36.4 Å². The fraction of sp³-hybridized carbons (Fsp3) is 0.394. The minimum atomic E-state index is -4.09. The minimum Gasteiger partial charge on any atom is -0.354 e. The van der Waals surface area contributed by atoms with Crippen molar-refractivity contribution in [1.29, 1.82) is 0 Å². The van der Waals surface area contributed by atoms with Gasteiger partial charge in [-0.2, -0.15) is 0 Å². The molecule has 0 saturated heterocycles. The molecule has 1 atom stereocenters. The van der Waals surface area contributed by atoms with Crippen LogP contribution in [-0.4, -0.2) is 44.3 Å². The zero-order valence-corrected chi connectivity index (χ0v) is 25.8. The van der Waals surface area contributed by atoms with Crippen molar-refractivity contribution in [2.75, 3.05) is 17.4 Å². The summed E-state index contributed by atoms with van der Waals surface area (Å²) in [5, 5.41) is 2.95. The minimum absolute atomic E-state index is 0.0974. The average molecular weight is 578 g/mol. The SMILES string of the molecule is CC[C@H](C(=O)NCC(C)C)N(Cc1ccccc1)C(=O)CN(c1ccc(C(C)C)cc1)S(=O)(=O)c1ccc(C)cc1. The van der Waals surface area contributed by atoms with Crippen LogP contribution in [0.3, 0.4) is 0 Å². The lowest BCUT2D eigenvalue weighted by Gasteiger charge is -2.33. The molecule has 41 heavy (non-hydrogen) atoms. The van der Waals surface area contributed by atoms with Crippen molar-refractivity contribution in [2.45, 2.75) is 71.4 Å². The molecular weight excluding hydrogens is 534 g/mol. The highest BCUT2D eigenvalue weighted by Crippen LogP contribution is 2.27. The van der Waals surface area contributed by atoms with Gasteiger partial charge in [-0.15, -0.1) is 0 Å². The Hall–Kier alpha value is -3.65. The van der Waals surface area contributed by atoms with Crippen LogP contribution in [0, 0.1) is 12.8 Å². The van der Waals surface area contributed by atoms with Crippen molar-refractivity contribution < 1.29 is 18.0 Å². The zero-order valence-electron chi connectivity index (χ0n) is 25.0. The number of nitrogens with zero attached hydrogens (tertiary/aromatic N) is 2. The van der Waals surface area contributed by atoms with Crippen molar-refractivity contribution in [3.8, 4) is 0 Å². The Labute approximate surface area is 245 Å². The van der Waals surface area contributed by atoms with Crippen molar-refractivity contribution in [1.82, 2.24) is 10.2 Å². The first-order valence-corrected chi connectivity index (χ1v) is 15.7. The highest BCUT2D eigenvalue weighted by Gasteiger charge is 2.33. The van der Waals surface area contributed by atoms with Crippen molar-refractivity contribution >= 4 is 27.5 Å². The van der Waals surface area contributed by atoms with Crippen molar-refractivity contribution in [2.24, 2.45) is 5.92 Å². The number of benzene rings is 3. The number of nitrogens with one attached hydrogen (secondary N) is 1. The summed E-state index contributed by atoms with van der Waals surface area (Å²) in [7, 11) is -4.09. The smallest absolute Gasteiger partial charge is 0.264 e. The number of aryl methyl sites for hydroxylation is 1. The maximum atomic E-state index is 14.1. The van der Waals surface area contributed by atoms with Gasteiger partial charge in [-0.1, -0.05) is 94.8 Å². The fourth-order valence-electron chi connectivity index (χ4n) is 4.51. The van der Waals surface area contributed by atoms with E-state index in [4.69, 9.17) is 0 Å². The molecule has 0 unspecified atom stereocenters. The number of anilines is 1. The third kappa shape index (κ3) is 8.43. The molecule has 3 rings (SSSR count). The fourth-order valence-corrected chi connectivity index (χ4v) is 5.93. The van der Waals surface area contributed by atoms with E-state index in [9.17, 15) is 18.0 Å². The second-order valence-electron chi connectivity index (χ2n) is 11.1. The summed E-state index contributed by atoms with van der Waals surface area (Å²) in [5.74, 6) is -0.189. The molecule has 220 valence electrons. The summed E-state index contributed by atoms with van der Waals surface area (Å²) < 4.78 is 29.2. The highest BCUT2D eigenvalue weighted by atomic mass is 32.2. The molecule has 0 saturated carbocycles. The molecule has 0 aromatic heterocycles.